The zero-order valence-corrected chi connectivity index (χ0v) is 14.8. The highest BCUT2D eigenvalue weighted by Gasteiger charge is 2.32. The van der Waals surface area contributed by atoms with Gasteiger partial charge in [-0.1, -0.05) is 0 Å². The normalized spacial score (nSPS) is 16.2. The average Bonchev–Trinajstić information content (AvgIpc) is 3.20. The maximum atomic E-state index is 15.0. The smallest absolute Gasteiger partial charge is 0.333 e. The highest BCUT2D eigenvalue weighted by atomic mass is 32.1. The number of hydrogen-bond acceptors (Lipinski definition) is 5. The molecule has 0 spiro atoms. The summed E-state index contributed by atoms with van der Waals surface area (Å²) in [5.41, 5.74) is 1.29. The minimum Gasteiger partial charge on any atom is -0.494 e. The molecule has 26 heavy (non-hydrogen) atoms. The van der Waals surface area contributed by atoms with Gasteiger partial charge in [0.05, 0.1) is 18.9 Å². The van der Waals surface area contributed by atoms with Crippen LogP contribution in [0.3, 0.4) is 0 Å². The van der Waals surface area contributed by atoms with Crippen LogP contribution in [0, 0.1) is 5.82 Å². The Bertz CT molecular complexity index is 1150. The number of halogens is 1. The molecule has 134 valence electrons. The van der Waals surface area contributed by atoms with Crippen LogP contribution in [0.4, 0.5) is 4.39 Å². The van der Waals surface area contributed by atoms with E-state index < -0.39 is 17.1 Å². The van der Waals surface area contributed by atoms with Crippen LogP contribution in [0.2, 0.25) is 0 Å². The molecule has 0 amide bonds. The summed E-state index contributed by atoms with van der Waals surface area (Å²) in [7, 11) is 1.45. The van der Waals surface area contributed by atoms with E-state index in [0.29, 0.717) is 16.6 Å². The molecule has 0 atom stereocenters. The van der Waals surface area contributed by atoms with Crippen LogP contribution in [-0.4, -0.2) is 16.5 Å². The number of nitrogens with zero attached hydrogens (tertiary/aromatic N) is 1. The molecule has 1 saturated carbocycles. The largest absolute Gasteiger partial charge is 0.494 e. The molecule has 0 saturated heterocycles. The van der Waals surface area contributed by atoms with Gasteiger partial charge in [0.1, 0.15) is 5.52 Å². The summed E-state index contributed by atoms with van der Waals surface area (Å²) < 4.78 is 21.7. The molecule has 3 aromatic rings. The summed E-state index contributed by atoms with van der Waals surface area (Å²) in [5.74, 6) is -0.208. The number of H-pyrrole nitrogens is 1. The molecule has 0 radical (unpaired) electrons. The van der Waals surface area contributed by atoms with Crippen molar-refractivity contribution in [3.63, 3.8) is 0 Å². The lowest BCUT2D eigenvalue weighted by Crippen LogP contribution is -2.29. The van der Waals surface area contributed by atoms with Crippen molar-refractivity contribution in [2.24, 2.45) is 0 Å². The van der Waals surface area contributed by atoms with Crippen molar-refractivity contribution in [1.82, 2.24) is 14.7 Å². The predicted octanol–water partition coefficient (Wildman–Crippen LogP) is 2.34. The van der Waals surface area contributed by atoms with Gasteiger partial charge < -0.3 is 10.1 Å². The number of methoxy groups -OCH3 is 1. The third kappa shape index (κ3) is 2.18. The van der Waals surface area contributed by atoms with Gasteiger partial charge in [0, 0.05) is 28.4 Å². The Hall–Kier alpha value is -2.45. The molecule has 0 bridgehead atoms. The Labute approximate surface area is 151 Å². The van der Waals surface area contributed by atoms with Gasteiger partial charge in [-0.2, -0.15) is 0 Å². The standard InChI is InChI=1S/C18H16FN3O3S/c1-25-16-14(11-4-9-5-20-6-12(9)26-11)10(19)7-22-15(16)13(8-2-3-8)17(23)21-18(22)24/h4,7-8,20H,2-3,5-6H2,1H3,(H,21,23,24). The molecular weight excluding hydrogens is 357 g/mol. The summed E-state index contributed by atoms with van der Waals surface area (Å²) in [4.78, 5) is 28.9. The van der Waals surface area contributed by atoms with Gasteiger partial charge in [0.2, 0.25) is 0 Å². The number of aromatic amines is 1. The van der Waals surface area contributed by atoms with Crippen LogP contribution >= 0.6 is 11.3 Å². The van der Waals surface area contributed by atoms with Crippen molar-refractivity contribution in [3.8, 4) is 16.2 Å². The number of hydrogen-bond donors (Lipinski definition) is 2. The first-order valence-electron chi connectivity index (χ1n) is 8.46. The summed E-state index contributed by atoms with van der Waals surface area (Å²) in [5, 5.41) is 3.26. The molecule has 1 aliphatic carbocycles. The quantitative estimate of drug-likeness (QED) is 0.739. The number of rotatable bonds is 3. The SMILES string of the molecule is COc1c(-c2cc3c(s2)CNC3)c(F)cn2c(=O)[nH]c(=O)c(C3CC3)c12. The maximum absolute atomic E-state index is 15.0. The Kier molecular flexibility index (Phi) is 3.35. The Morgan fingerprint density at radius 3 is 2.81 bits per heavy atom. The second-order valence-corrected chi connectivity index (χ2v) is 7.85. The van der Waals surface area contributed by atoms with E-state index >= 15 is 4.39 Å². The fraction of sp³-hybridized carbons (Fsp3) is 0.333. The van der Waals surface area contributed by atoms with Crippen molar-refractivity contribution >= 4 is 16.9 Å². The van der Waals surface area contributed by atoms with Gasteiger partial charge in [-0.05, 0) is 30.4 Å². The zero-order valence-electron chi connectivity index (χ0n) is 14.0. The van der Waals surface area contributed by atoms with E-state index in [0.717, 1.165) is 47.0 Å². The van der Waals surface area contributed by atoms with Gasteiger partial charge in [-0.15, -0.1) is 11.3 Å². The summed E-state index contributed by atoms with van der Waals surface area (Å²) in [6, 6.07) is 1.96. The number of fused-ring (bicyclic) bond motifs is 2. The summed E-state index contributed by atoms with van der Waals surface area (Å²) in [6.45, 7) is 1.53. The molecule has 1 fully saturated rings. The second kappa shape index (κ2) is 5.52. The number of thiophene rings is 1. The van der Waals surface area contributed by atoms with Crippen molar-refractivity contribution in [3.05, 3.63) is 54.9 Å². The van der Waals surface area contributed by atoms with E-state index in [4.69, 9.17) is 4.74 Å². The molecule has 2 aliphatic rings. The molecule has 2 N–H and O–H groups in total. The molecule has 5 rings (SSSR count). The molecule has 1 aliphatic heterocycles. The predicted molar refractivity (Wildman–Crippen MR) is 96.6 cm³/mol. The average molecular weight is 373 g/mol. The third-order valence-corrected chi connectivity index (χ3v) is 6.23. The van der Waals surface area contributed by atoms with Crippen LogP contribution < -0.4 is 21.3 Å². The minimum absolute atomic E-state index is 0.0825. The van der Waals surface area contributed by atoms with E-state index in [-0.39, 0.29) is 11.7 Å². The summed E-state index contributed by atoms with van der Waals surface area (Å²) >= 11 is 1.51. The summed E-state index contributed by atoms with van der Waals surface area (Å²) in [6.07, 6.45) is 2.91. The number of aromatic nitrogens is 2. The monoisotopic (exact) mass is 373 g/mol. The number of pyridine rings is 1. The van der Waals surface area contributed by atoms with Gasteiger partial charge in [-0.3, -0.25) is 14.2 Å². The van der Waals surface area contributed by atoms with Crippen LogP contribution in [0.15, 0.2) is 21.9 Å². The van der Waals surface area contributed by atoms with E-state index in [2.05, 4.69) is 10.3 Å². The van der Waals surface area contributed by atoms with Crippen LogP contribution in [-0.2, 0) is 13.1 Å². The molecule has 3 aromatic heterocycles. The fourth-order valence-corrected chi connectivity index (χ4v) is 4.90. The van der Waals surface area contributed by atoms with Gasteiger partial charge >= 0.3 is 5.69 Å². The highest BCUT2D eigenvalue weighted by molar-refractivity contribution is 7.15. The number of nitrogens with one attached hydrogen (secondary N) is 2. The molecule has 0 aromatic carbocycles. The van der Waals surface area contributed by atoms with E-state index in [1.807, 2.05) is 6.07 Å². The topological polar surface area (TPSA) is 75.6 Å². The molecule has 8 heteroatoms. The lowest BCUT2D eigenvalue weighted by atomic mass is 10.1. The zero-order chi connectivity index (χ0) is 18.0. The number of ether oxygens (including phenoxy) is 1. The molecule has 0 unspecified atom stereocenters. The molecule has 4 heterocycles. The molecular formula is C18H16FN3O3S. The van der Waals surface area contributed by atoms with Crippen LogP contribution in [0.5, 0.6) is 5.75 Å². The van der Waals surface area contributed by atoms with Crippen LogP contribution in [0.1, 0.15) is 34.8 Å². The van der Waals surface area contributed by atoms with Gasteiger partial charge in [0.25, 0.3) is 5.56 Å². The highest BCUT2D eigenvalue weighted by Crippen LogP contribution is 2.46. The first kappa shape index (κ1) is 15.8. The first-order valence-corrected chi connectivity index (χ1v) is 9.28. The van der Waals surface area contributed by atoms with Gasteiger partial charge in [-0.25, -0.2) is 9.18 Å². The van der Waals surface area contributed by atoms with E-state index in [9.17, 15) is 9.59 Å². The van der Waals surface area contributed by atoms with Gasteiger partial charge in [0.15, 0.2) is 11.6 Å². The molecule has 6 nitrogen and oxygen atoms in total. The van der Waals surface area contributed by atoms with Crippen molar-refractivity contribution < 1.29 is 9.13 Å². The lowest BCUT2D eigenvalue weighted by Gasteiger charge is -2.15. The Morgan fingerprint density at radius 2 is 2.12 bits per heavy atom. The Balaban J connectivity index is 1.89. The van der Waals surface area contributed by atoms with E-state index in [1.54, 1.807) is 0 Å². The lowest BCUT2D eigenvalue weighted by molar-refractivity contribution is 0.415. The maximum Gasteiger partial charge on any atom is 0.333 e. The third-order valence-electron chi connectivity index (χ3n) is 5.04. The minimum atomic E-state index is -0.656. The van der Waals surface area contributed by atoms with Crippen LogP contribution in [0.25, 0.3) is 16.0 Å². The van der Waals surface area contributed by atoms with Crippen molar-refractivity contribution in [1.29, 1.82) is 0 Å². The van der Waals surface area contributed by atoms with Crippen molar-refractivity contribution in [2.75, 3.05) is 7.11 Å². The fourth-order valence-electron chi connectivity index (χ4n) is 3.70. The second-order valence-electron chi connectivity index (χ2n) is 6.71. The Morgan fingerprint density at radius 1 is 1.31 bits per heavy atom. The van der Waals surface area contributed by atoms with E-state index in [1.165, 1.54) is 23.3 Å². The van der Waals surface area contributed by atoms with Crippen molar-refractivity contribution in [2.45, 2.75) is 31.8 Å². The first-order chi connectivity index (χ1) is 12.6.